The Bertz CT molecular complexity index is 3620. The highest BCUT2D eigenvalue weighted by Gasteiger charge is 2.19. The van der Waals surface area contributed by atoms with E-state index in [1.807, 2.05) is 12.1 Å². The molecular weight excluding hydrogens is 719 g/mol. The lowest BCUT2D eigenvalue weighted by molar-refractivity contribution is 0.669. The quantitative estimate of drug-likeness (QED) is 0.164. The van der Waals surface area contributed by atoms with Crippen molar-refractivity contribution in [1.82, 2.24) is 15.0 Å². The van der Waals surface area contributed by atoms with Crippen molar-refractivity contribution >= 4 is 65.0 Å². The van der Waals surface area contributed by atoms with Crippen molar-refractivity contribution in [3.05, 3.63) is 200 Å². The summed E-state index contributed by atoms with van der Waals surface area (Å²) in [6.45, 7) is 0. The lowest BCUT2D eigenvalue weighted by atomic mass is 9.92. The van der Waals surface area contributed by atoms with Crippen molar-refractivity contribution in [2.24, 2.45) is 0 Å². The van der Waals surface area contributed by atoms with Gasteiger partial charge in [-0.1, -0.05) is 158 Å². The van der Waals surface area contributed by atoms with Gasteiger partial charge in [-0.05, 0) is 108 Å². The monoisotopic (exact) mass is 751 g/mol. The second kappa shape index (κ2) is 13.3. The van der Waals surface area contributed by atoms with Gasteiger partial charge in [0, 0.05) is 27.5 Å². The Kier molecular flexibility index (Phi) is 7.50. The SMILES string of the molecule is c1ccc(-c2cc3ccccc3c3cc(-c4nc(-c5ccc6ccccc6c5)nc(-c5cccc6oc7cc(-c8ccc9ccccc9c8)ccc7c56)n4)ccc23)cc1. The molecule has 0 saturated carbocycles. The van der Waals surface area contributed by atoms with E-state index in [0.717, 1.165) is 60.5 Å². The second-order valence-electron chi connectivity index (χ2n) is 15.2. The molecule has 0 saturated heterocycles. The van der Waals surface area contributed by atoms with E-state index in [9.17, 15) is 0 Å². The molecule has 0 amide bonds. The molecule has 12 rings (SSSR count). The van der Waals surface area contributed by atoms with Crippen molar-refractivity contribution in [3.8, 4) is 56.4 Å². The van der Waals surface area contributed by atoms with Crippen molar-refractivity contribution in [3.63, 3.8) is 0 Å². The molecule has 10 aromatic carbocycles. The highest BCUT2D eigenvalue weighted by molar-refractivity contribution is 6.15. The van der Waals surface area contributed by atoms with Crippen molar-refractivity contribution in [2.45, 2.75) is 0 Å². The molecule has 0 spiro atoms. The van der Waals surface area contributed by atoms with Crippen LogP contribution in [0.3, 0.4) is 0 Å². The summed E-state index contributed by atoms with van der Waals surface area (Å²) in [6.07, 6.45) is 0. The van der Waals surface area contributed by atoms with Gasteiger partial charge in [-0.3, -0.25) is 0 Å². The predicted molar refractivity (Wildman–Crippen MR) is 244 cm³/mol. The molecule has 4 heteroatoms. The van der Waals surface area contributed by atoms with Gasteiger partial charge in [0.15, 0.2) is 17.5 Å². The number of rotatable bonds is 5. The van der Waals surface area contributed by atoms with E-state index in [-0.39, 0.29) is 0 Å². The van der Waals surface area contributed by atoms with Gasteiger partial charge in [-0.2, -0.15) is 0 Å². The smallest absolute Gasteiger partial charge is 0.164 e. The minimum atomic E-state index is 0.591. The Labute approximate surface area is 339 Å². The first-order chi connectivity index (χ1) is 29.2. The van der Waals surface area contributed by atoms with Crippen LogP contribution in [-0.4, -0.2) is 15.0 Å². The maximum atomic E-state index is 6.61. The molecule has 2 heterocycles. The number of aromatic nitrogens is 3. The maximum absolute atomic E-state index is 6.61. The molecule has 0 bridgehead atoms. The van der Waals surface area contributed by atoms with Crippen LogP contribution >= 0.6 is 0 Å². The number of benzene rings is 10. The summed E-state index contributed by atoms with van der Waals surface area (Å²) < 4.78 is 6.61. The topological polar surface area (TPSA) is 51.8 Å². The van der Waals surface area contributed by atoms with E-state index in [0.29, 0.717) is 17.5 Å². The first-order valence-corrected chi connectivity index (χ1v) is 19.9. The molecule has 4 nitrogen and oxygen atoms in total. The van der Waals surface area contributed by atoms with Crippen LogP contribution < -0.4 is 0 Å². The van der Waals surface area contributed by atoms with Crippen molar-refractivity contribution < 1.29 is 4.42 Å². The van der Waals surface area contributed by atoms with Gasteiger partial charge in [0.1, 0.15) is 11.2 Å². The summed E-state index contributed by atoms with van der Waals surface area (Å²) in [5.41, 5.74) is 8.96. The van der Waals surface area contributed by atoms with Gasteiger partial charge in [-0.25, -0.2) is 15.0 Å². The molecule has 0 radical (unpaired) electrons. The number of fused-ring (bicyclic) bond motifs is 8. The molecule has 0 aliphatic heterocycles. The molecule has 59 heavy (non-hydrogen) atoms. The molecule has 0 aliphatic rings. The van der Waals surface area contributed by atoms with E-state index < -0.39 is 0 Å². The standard InChI is InChI=1S/C55H33N3O/c1-2-13-36(14-3-1)48-31-41-17-8-9-18-44(41)49-32-43(26-27-45(48)49)54-56-53(42-24-22-35-12-5-7-16-38(35)30-42)57-55(58-54)47-19-10-20-50-52(47)46-28-25-40(33-51(46)59-50)39-23-21-34-11-4-6-15-37(34)29-39/h1-33H. The van der Waals surface area contributed by atoms with Crippen LogP contribution in [0.4, 0.5) is 0 Å². The van der Waals surface area contributed by atoms with E-state index in [1.54, 1.807) is 0 Å². The summed E-state index contributed by atoms with van der Waals surface area (Å²) in [5.74, 6) is 1.81. The summed E-state index contributed by atoms with van der Waals surface area (Å²) in [5, 5.41) is 11.4. The van der Waals surface area contributed by atoms with Gasteiger partial charge < -0.3 is 4.42 Å². The Morgan fingerprint density at radius 3 is 1.63 bits per heavy atom. The van der Waals surface area contributed by atoms with Crippen LogP contribution in [0.2, 0.25) is 0 Å². The van der Waals surface area contributed by atoms with Crippen LogP contribution in [0.15, 0.2) is 205 Å². The van der Waals surface area contributed by atoms with E-state index in [4.69, 9.17) is 19.4 Å². The molecule has 12 aromatic rings. The maximum Gasteiger partial charge on any atom is 0.164 e. The molecule has 274 valence electrons. The van der Waals surface area contributed by atoms with Crippen LogP contribution in [0, 0.1) is 0 Å². The fourth-order valence-corrected chi connectivity index (χ4v) is 8.74. The first kappa shape index (κ1) is 33.2. The summed E-state index contributed by atoms with van der Waals surface area (Å²) >= 11 is 0. The minimum absolute atomic E-state index is 0.591. The third-order valence-electron chi connectivity index (χ3n) is 11.7. The number of hydrogen-bond acceptors (Lipinski definition) is 4. The van der Waals surface area contributed by atoms with Gasteiger partial charge >= 0.3 is 0 Å². The zero-order valence-electron chi connectivity index (χ0n) is 31.8. The Morgan fingerprint density at radius 1 is 0.271 bits per heavy atom. The van der Waals surface area contributed by atoms with Gasteiger partial charge in [0.2, 0.25) is 0 Å². The molecule has 0 fully saturated rings. The Balaban J connectivity index is 1.06. The van der Waals surface area contributed by atoms with Crippen LogP contribution in [0.25, 0.3) is 121 Å². The average Bonchev–Trinajstić information content (AvgIpc) is 3.69. The fourth-order valence-electron chi connectivity index (χ4n) is 8.74. The Morgan fingerprint density at radius 2 is 0.847 bits per heavy atom. The van der Waals surface area contributed by atoms with E-state index in [1.165, 1.54) is 43.4 Å². The zero-order chi connectivity index (χ0) is 38.9. The largest absolute Gasteiger partial charge is 0.456 e. The van der Waals surface area contributed by atoms with Crippen molar-refractivity contribution in [2.75, 3.05) is 0 Å². The Hall–Kier alpha value is -7.95. The van der Waals surface area contributed by atoms with E-state index in [2.05, 4.69) is 188 Å². The average molecular weight is 752 g/mol. The molecule has 0 N–H and O–H groups in total. The van der Waals surface area contributed by atoms with E-state index >= 15 is 0 Å². The number of nitrogens with zero attached hydrogens (tertiary/aromatic N) is 3. The summed E-state index contributed by atoms with van der Waals surface area (Å²) in [7, 11) is 0. The second-order valence-corrected chi connectivity index (χ2v) is 15.2. The highest BCUT2D eigenvalue weighted by Crippen LogP contribution is 2.40. The van der Waals surface area contributed by atoms with Gasteiger partial charge in [0.05, 0.1) is 0 Å². The molecule has 2 aromatic heterocycles. The number of hydrogen-bond donors (Lipinski definition) is 0. The van der Waals surface area contributed by atoms with Crippen LogP contribution in [0.1, 0.15) is 0 Å². The molecule has 0 atom stereocenters. The molecular formula is C55H33N3O. The number of furan rings is 1. The lowest BCUT2D eigenvalue weighted by Crippen LogP contribution is -2.00. The third kappa shape index (κ3) is 5.65. The van der Waals surface area contributed by atoms with Gasteiger partial charge in [0.25, 0.3) is 0 Å². The fraction of sp³-hybridized carbons (Fsp3) is 0. The molecule has 0 aliphatic carbocycles. The zero-order valence-corrected chi connectivity index (χ0v) is 31.8. The van der Waals surface area contributed by atoms with Crippen LogP contribution in [-0.2, 0) is 0 Å². The minimum Gasteiger partial charge on any atom is -0.456 e. The lowest BCUT2D eigenvalue weighted by Gasteiger charge is -2.13. The first-order valence-electron chi connectivity index (χ1n) is 19.9. The molecule has 0 unspecified atom stereocenters. The summed E-state index contributed by atoms with van der Waals surface area (Å²) in [6, 6.07) is 70.6. The van der Waals surface area contributed by atoms with Crippen molar-refractivity contribution in [1.29, 1.82) is 0 Å². The predicted octanol–water partition coefficient (Wildman–Crippen LogP) is 14.7. The van der Waals surface area contributed by atoms with Crippen LogP contribution in [0.5, 0.6) is 0 Å². The summed E-state index contributed by atoms with van der Waals surface area (Å²) in [4.78, 5) is 15.8. The normalized spacial score (nSPS) is 11.7. The van der Waals surface area contributed by atoms with Gasteiger partial charge in [-0.15, -0.1) is 0 Å². The highest BCUT2D eigenvalue weighted by atomic mass is 16.3. The third-order valence-corrected chi connectivity index (χ3v) is 11.7.